The van der Waals surface area contributed by atoms with Crippen molar-refractivity contribution in [2.45, 2.75) is 85.7 Å². The first kappa shape index (κ1) is 20.9. The van der Waals surface area contributed by atoms with E-state index in [4.69, 9.17) is 9.84 Å². The number of esters is 1. The van der Waals surface area contributed by atoms with Gasteiger partial charge in [0.05, 0.1) is 0 Å². The molecule has 0 aromatic heterocycles. The first-order valence-corrected chi connectivity index (χ1v) is 8.69. The molecule has 4 heteroatoms. The van der Waals surface area contributed by atoms with Crippen molar-refractivity contribution in [1.82, 2.24) is 0 Å². The highest BCUT2D eigenvalue weighted by Gasteiger charge is 2.28. The Bertz CT molecular complexity index is 323. The Labute approximate surface area is 135 Å². The molecule has 0 aromatic rings. The van der Waals surface area contributed by atoms with Crippen LogP contribution in [-0.2, 0) is 14.3 Å². The van der Waals surface area contributed by atoms with Crippen LogP contribution in [0.4, 0.5) is 0 Å². The normalized spacial score (nSPS) is 14.1. The van der Waals surface area contributed by atoms with E-state index in [9.17, 15) is 9.59 Å². The first-order valence-electron chi connectivity index (χ1n) is 8.69. The molecule has 0 aliphatic heterocycles. The van der Waals surface area contributed by atoms with Crippen LogP contribution in [0.2, 0.25) is 0 Å². The van der Waals surface area contributed by atoms with Crippen molar-refractivity contribution in [1.29, 1.82) is 0 Å². The van der Waals surface area contributed by atoms with Gasteiger partial charge in [0.1, 0.15) is 12.5 Å². The summed E-state index contributed by atoms with van der Waals surface area (Å²) in [5.41, 5.74) is 0. The maximum Gasteiger partial charge on any atom is 0.317 e. The van der Waals surface area contributed by atoms with Crippen molar-refractivity contribution in [3.63, 3.8) is 0 Å². The monoisotopic (exact) mass is 314 g/mol. The number of rotatable bonds is 12. The summed E-state index contributed by atoms with van der Waals surface area (Å²) in [6.07, 6.45) is 5.62. The van der Waals surface area contributed by atoms with E-state index >= 15 is 0 Å². The number of carbonyl (C=O) groups is 2. The number of ether oxygens (including phenoxy) is 1. The molecule has 0 rings (SSSR count). The summed E-state index contributed by atoms with van der Waals surface area (Å²) in [7, 11) is 0. The molecule has 2 atom stereocenters. The Morgan fingerprint density at radius 2 is 1.64 bits per heavy atom. The van der Waals surface area contributed by atoms with E-state index in [0.29, 0.717) is 17.8 Å². The van der Waals surface area contributed by atoms with Crippen molar-refractivity contribution in [3.05, 3.63) is 0 Å². The molecular weight excluding hydrogens is 280 g/mol. The molecule has 22 heavy (non-hydrogen) atoms. The van der Waals surface area contributed by atoms with Gasteiger partial charge in [-0.25, -0.2) is 0 Å². The van der Waals surface area contributed by atoms with Crippen molar-refractivity contribution >= 4 is 11.9 Å². The molecule has 0 saturated carbocycles. The lowest BCUT2D eigenvalue weighted by Crippen LogP contribution is -2.31. The Morgan fingerprint density at radius 1 is 1.00 bits per heavy atom. The van der Waals surface area contributed by atoms with Crippen LogP contribution in [0.15, 0.2) is 0 Å². The zero-order valence-electron chi connectivity index (χ0n) is 14.9. The van der Waals surface area contributed by atoms with Gasteiger partial charge in [0, 0.05) is 0 Å². The van der Waals surface area contributed by atoms with Crippen LogP contribution in [0.3, 0.4) is 0 Å². The van der Waals surface area contributed by atoms with Crippen LogP contribution in [-0.4, -0.2) is 23.1 Å². The van der Waals surface area contributed by atoms with E-state index < -0.39 is 18.4 Å². The minimum Gasteiger partial charge on any atom is -0.481 e. The fourth-order valence-electron chi connectivity index (χ4n) is 2.77. The van der Waals surface area contributed by atoms with Gasteiger partial charge in [-0.3, -0.25) is 9.59 Å². The zero-order valence-corrected chi connectivity index (χ0v) is 14.9. The van der Waals surface area contributed by atoms with Gasteiger partial charge in [-0.1, -0.05) is 53.9 Å². The third-order valence-corrected chi connectivity index (χ3v) is 4.08. The van der Waals surface area contributed by atoms with Crippen LogP contribution >= 0.6 is 0 Å². The lowest BCUT2D eigenvalue weighted by atomic mass is 9.83. The SMILES string of the molecule is CCCCCC(C(C)C)C(CCC(C)C)OC(=O)CC(=O)O. The molecule has 0 heterocycles. The average molecular weight is 314 g/mol. The van der Waals surface area contributed by atoms with E-state index in [-0.39, 0.29) is 6.10 Å². The molecule has 4 nitrogen and oxygen atoms in total. The Hall–Kier alpha value is -1.06. The van der Waals surface area contributed by atoms with Gasteiger partial charge in [-0.15, -0.1) is 0 Å². The topological polar surface area (TPSA) is 63.6 Å². The number of aliphatic carboxylic acids is 1. The van der Waals surface area contributed by atoms with Crippen molar-refractivity contribution in [2.24, 2.45) is 17.8 Å². The third-order valence-electron chi connectivity index (χ3n) is 4.08. The molecular formula is C18H34O4. The highest BCUT2D eigenvalue weighted by atomic mass is 16.5. The second-order valence-electron chi connectivity index (χ2n) is 6.97. The minimum absolute atomic E-state index is 0.161. The molecule has 0 fully saturated rings. The summed E-state index contributed by atoms with van der Waals surface area (Å²) >= 11 is 0. The van der Waals surface area contributed by atoms with Crippen LogP contribution in [0.5, 0.6) is 0 Å². The number of carbonyl (C=O) groups excluding carboxylic acids is 1. The summed E-state index contributed by atoms with van der Waals surface area (Å²) < 4.78 is 5.55. The Kier molecular flexibility index (Phi) is 10.9. The summed E-state index contributed by atoms with van der Waals surface area (Å²) in [6.45, 7) is 10.8. The smallest absolute Gasteiger partial charge is 0.317 e. The van der Waals surface area contributed by atoms with Crippen molar-refractivity contribution in [3.8, 4) is 0 Å². The van der Waals surface area contributed by atoms with Crippen molar-refractivity contribution < 1.29 is 19.4 Å². The third kappa shape index (κ3) is 9.80. The molecule has 0 aliphatic carbocycles. The minimum atomic E-state index is -1.13. The Morgan fingerprint density at radius 3 is 2.09 bits per heavy atom. The molecule has 1 N–H and O–H groups in total. The largest absolute Gasteiger partial charge is 0.481 e. The van der Waals surface area contributed by atoms with Gasteiger partial charge >= 0.3 is 11.9 Å². The molecule has 0 spiro atoms. The standard InChI is InChI=1S/C18H34O4/c1-6-7-8-9-15(14(4)5)16(11-10-13(2)3)22-18(21)12-17(19)20/h13-16H,6-12H2,1-5H3,(H,19,20). The van der Waals surface area contributed by atoms with E-state index in [0.717, 1.165) is 25.7 Å². The average Bonchev–Trinajstić information content (AvgIpc) is 2.38. The molecule has 0 amide bonds. The zero-order chi connectivity index (χ0) is 17.1. The molecule has 2 unspecified atom stereocenters. The highest BCUT2D eigenvalue weighted by molar-refractivity contribution is 5.90. The maximum absolute atomic E-state index is 11.8. The van der Waals surface area contributed by atoms with Gasteiger partial charge in [0.2, 0.25) is 0 Å². The van der Waals surface area contributed by atoms with Gasteiger partial charge in [-0.05, 0) is 37.0 Å². The first-order chi connectivity index (χ1) is 10.3. The molecule has 0 radical (unpaired) electrons. The predicted octanol–water partition coefficient (Wildman–Crippen LogP) is 4.66. The predicted molar refractivity (Wildman–Crippen MR) is 88.7 cm³/mol. The van der Waals surface area contributed by atoms with Crippen LogP contribution in [0.1, 0.15) is 79.6 Å². The fraction of sp³-hybridized carbons (Fsp3) is 0.889. The molecule has 0 aromatic carbocycles. The molecule has 0 bridgehead atoms. The lowest BCUT2D eigenvalue weighted by Gasteiger charge is -2.30. The molecule has 0 saturated heterocycles. The van der Waals surface area contributed by atoms with E-state index in [2.05, 4.69) is 34.6 Å². The summed E-state index contributed by atoms with van der Waals surface area (Å²) in [6, 6.07) is 0. The number of hydrogen-bond acceptors (Lipinski definition) is 3. The molecule has 130 valence electrons. The quantitative estimate of drug-likeness (QED) is 0.323. The van der Waals surface area contributed by atoms with Gasteiger partial charge in [-0.2, -0.15) is 0 Å². The van der Waals surface area contributed by atoms with Crippen molar-refractivity contribution in [2.75, 3.05) is 0 Å². The summed E-state index contributed by atoms with van der Waals surface area (Å²) in [5, 5.41) is 8.74. The van der Waals surface area contributed by atoms with E-state index in [1.54, 1.807) is 0 Å². The number of carboxylic acid groups (broad SMARTS) is 1. The van der Waals surface area contributed by atoms with Gasteiger partial charge < -0.3 is 9.84 Å². The van der Waals surface area contributed by atoms with Gasteiger partial charge in [0.15, 0.2) is 0 Å². The van der Waals surface area contributed by atoms with E-state index in [1.807, 2.05) is 0 Å². The Balaban J connectivity index is 4.80. The van der Waals surface area contributed by atoms with Crippen LogP contribution in [0, 0.1) is 17.8 Å². The second-order valence-corrected chi connectivity index (χ2v) is 6.97. The molecule has 0 aliphatic rings. The fourth-order valence-corrected chi connectivity index (χ4v) is 2.77. The number of unbranched alkanes of at least 4 members (excludes halogenated alkanes) is 2. The van der Waals surface area contributed by atoms with Gasteiger partial charge in [0.25, 0.3) is 0 Å². The lowest BCUT2D eigenvalue weighted by molar-refractivity contribution is -0.158. The number of hydrogen-bond donors (Lipinski definition) is 1. The second kappa shape index (κ2) is 11.5. The van der Waals surface area contributed by atoms with Crippen LogP contribution < -0.4 is 0 Å². The summed E-state index contributed by atoms with van der Waals surface area (Å²) in [4.78, 5) is 22.4. The number of carboxylic acids is 1. The van der Waals surface area contributed by atoms with Crippen LogP contribution in [0.25, 0.3) is 0 Å². The maximum atomic E-state index is 11.8. The highest BCUT2D eigenvalue weighted by Crippen LogP contribution is 2.28. The van der Waals surface area contributed by atoms with E-state index in [1.165, 1.54) is 12.8 Å². The summed E-state index contributed by atoms with van der Waals surface area (Å²) in [5.74, 6) is -0.457.